The lowest BCUT2D eigenvalue weighted by molar-refractivity contribution is -0.0509. The third-order valence-electron chi connectivity index (χ3n) is 5.78. The molecule has 0 spiro atoms. The maximum Gasteiger partial charge on any atom is 0.252 e. The monoisotopic (exact) mass is 401 g/mol. The Labute approximate surface area is 171 Å². The Morgan fingerprint density at radius 3 is 2.86 bits per heavy atom. The van der Waals surface area contributed by atoms with E-state index in [1.54, 1.807) is 19.9 Å². The number of aliphatic hydroxyl groups is 2. The largest absolute Gasteiger partial charge is 0.507 e. The highest BCUT2D eigenvalue weighted by atomic mass is 16.5. The molecule has 1 aromatic carbocycles. The molecule has 0 saturated carbocycles. The van der Waals surface area contributed by atoms with E-state index in [-0.39, 0.29) is 11.7 Å². The van der Waals surface area contributed by atoms with Crippen molar-refractivity contribution < 1.29 is 24.9 Å². The lowest BCUT2D eigenvalue weighted by atomic mass is 9.92. The molecule has 0 aromatic heterocycles. The van der Waals surface area contributed by atoms with Crippen molar-refractivity contribution in [1.29, 1.82) is 0 Å². The van der Waals surface area contributed by atoms with Crippen LogP contribution in [0.3, 0.4) is 0 Å². The van der Waals surface area contributed by atoms with Gasteiger partial charge in [-0.2, -0.15) is 0 Å². The third-order valence-corrected chi connectivity index (χ3v) is 5.78. The standard InChI is InChI=1S/C23H31NO5/c1-14(7-8-19(25)22(2,3)28)6-5-10-23(4)11-9-15-18(29-23)12-16-17(20(15)26)13-24-21(16)27/h6,9,11-12,19,25-26,28H,5,7-8,10,13H2,1-4H3,(H,24,27). The number of hydrogen-bond donors (Lipinski definition) is 4. The molecule has 4 N–H and O–H groups in total. The van der Waals surface area contributed by atoms with Crippen molar-refractivity contribution in [3.63, 3.8) is 0 Å². The Bertz CT molecular complexity index is 865. The van der Waals surface area contributed by atoms with E-state index < -0.39 is 17.3 Å². The van der Waals surface area contributed by atoms with Gasteiger partial charge in [-0.05, 0) is 71.6 Å². The number of carbonyl (C=O) groups is 1. The zero-order valence-electron chi connectivity index (χ0n) is 17.6. The number of carbonyl (C=O) groups excluding carboxylic acids is 1. The molecule has 2 unspecified atom stereocenters. The van der Waals surface area contributed by atoms with Crippen LogP contribution in [0.5, 0.6) is 11.5 Å². The zero-order chi connectivity index (χ0) is 21.4. The van der Waals surface area contributed by atoms with E-state index in [9.17, 15) is 20.1 Å². The SMILES string of the molecule is CC(=CCCC1(C)C=Cc2c(cc3c(c2O)CNC3=O)O1)CCC(O)C(C)(C)O. The maximum atomic E-state index is 11.9. The number of rotatable bonds is 7. The summed E-state index contributed by atoms with van der Waals surface area (Å²) in [5, 5.41) is 33.0. The second kappa shape index (κ2) is 7.84. The first-order chi connectivity index (χ1) is 13.5. The van der Waals surface area contributed by atoms with Crippen molar-refractivity contribution in [3.05, 3.63) is 40.5 Å². The second-order valence-electron chi connectivity index (χ2n) is 8.89. The van der Waals surface area contributed by atoms with Crippen LogP contribution in [0.2, 0.25) is 0 Å². The zero-order valence-corrected chi connectivity index (χ0v) is 17.6. The third kappa shape index (κ3) is 4.65. The highest BCUT2D eigenvalue weighted by molar-refractivity contribution is 6.00. The minimum Gasteiger partial charge on any atom is -0.507 e. The molecule has 29 heavy (non-hydrogen) atoms. The van der Waals surface area contributed by atoms with Crippen LogP contribution in [0, 0.1) is 0 Å². The number of allylic oxidation sites excluding steroid dienone is 2. The van der Waals surface area contributed by atoms with Crippen molar-refractivity contribution in [2.24, 2.45) is 0 Å². The lowest BCUT2D eigenvalue weighted by Gasteiger charge is -2.32. The molecule has 0 aliphatic carbocycles. The van der Waals surface area contributed by atoms with E-state index in [2.05, 4.69) is 11.4 Å². The molecule has 6 heteroatoms. The van der Waals surface area contributed by atoms with Gasteiger partial charge in [0.1, 0.15) is 17.1 Å². The van der Waals surface area contributed by atoms with Crippen LogP contribution in [-0.2, 0) is 6.54 Å². The van der Waals surface area contributed by atoms with Crippen LogP contribution >= 0.6 is 0 Å². The minimum absolute atomic E-state index is 0.107. The fourth-order valence-corrected chi connectivity index (χ4v) is 3.70. The fourth-order valence-electron chi connectivity index (χ4n) is 3.70. The predicted molar refractivity (Wildman–Crippen MR) is 112 cm³/mol. The van der Waals surface area contributed by atoms with Gasteiger partial charge in [-0.3, -0.25) is 4.79 Å². The quantitative estimate of drug-likeness (QED) is 0.525. The Hall–Kier alpha value is -2.31. The molecular weight excluding hydrogens is 370 g/mol. The van der Waals surface area contributed by atoms with Gasteiger partial charge in [0.15, 0.2) is 0 Å². The highest BCUT2D eigenvalue weighted by Crippen LogP contribution is 2.42. The second-order valence-corrected chi connectivity index (χ2v) is 8.89. The van der Waals surface area contributed by atoms with E-state index in [0.717, 1.165) is 24.8 Å². The minimum atomic E-state index is -1.09. The molecule has 0 saturated heterocycles. The van der Waals surface area contributed by atoms with Gasteiger partial charge < -0.3 is 25.4 Å². The fraction of sp³-hybridized carbons (Fsp3) is 0.522. The predicted octanol–water partition coefficient (Wildman–Crippen LogP) is 3.44. The van der Waals surface area contributed by atoms with Gasteiger partial charge in [0.2, 0.25) is 0 Å². The average molecular weight is 402 g/mol. The van der Waals surface area contributed by atoms with Gasteiger partial charge in [0.05, 0.1) is 22.8 Å². The van der Waals surface area contributed by atoms with Crippen LogP contribution in [-0.4, -0.2) is 38.5 Å². The van der Waals surface area contributed by atoms with Crippen molar-refractivity contribution >= 4 is 12.0 Å². The molecular formula is C23H31NO5. The van der Waals surface area contributed by atoms with E-state index >= 15 is 0 Å². The molecule has 2 atom stereocenters. The summed E-state index contributed by atoms with van der Waals surface area (Å²) >= 11 is 0. The normalized spacial score (nSPS) is 22.0. The number of ether oxygens (including phenoxy) is 1. The van der Waals surface area contributed by atoms with Crippen LogP contribution in [0.15, 0.2) is 23.8 Å². The molecule has 0 radical (unpaired) electrons. The Morgan fingerprint density at radius 1 is 1.45 bits per heavy atom. The summed E-state index contributed by atoms with van der Waals surface area (Å²) in [5.74, 6) is 0.442. The summed E-state index contributed by atoms with van der Waals surface area (Å²) < 4.78 is 6.17. The number of aromatic hydroxyl groups is 1. The van der Waals surface area contributed by atoms with Crippen molar-refractivity contribution in [2.75, 3.05) is 0 Å². The van der Waals surface area contributed by atoms with Gasteiger partial charge in [-0.1, -0.05) is 11.6 Å². The van der Waals surface area contributed by atoms with Gasteiger partial charge in [0, 0.05) is 12.1 Å². The van der Waals surface area contributed by atoms with E-state index in [4.69, 9.17) is 4.74 Å². The summed E-state index contributed by atoms with van der Waals surface area (Å²) in [4.78, 5) is 11.9. The molecule has 2 aliphatic rings. The molecule has 3 rings (SSSR count). The Kier molecular flexibility index (Phi) is 5.79. The van der Waals surface area contributed by atoms with E-state index in [1.807, 2.05) is 26.0 Å². The van der Waals surface area contributed by atoms with Crippen LogP contribution in [0.1, 0.15) is 74.9 Å². The smallest absolute Gasteiger partial charge is 0.252 e. The highest BCUT2D eigenvalue weighted by Gasteiger charge is 2.32. The number of aliphatic hydroxyl groups excluding tert-OH is 1. The van der Waals surface area contributed by atoms with Crippen LogP contribution in [0.25, 0.3) is 6.08 Å². The number of phenols is 1. The molecule has 2 aliphatic heterocycles. The van der Waals surface area contributed by atoms with E-state index in [0.29, 0.717) is 35.4 Å². The molecule has 6 nitrogen and oxygen atoms in total. The Balaban J connectivity index is 1.62. The maximum absolute atomic E-state index is 11.9. The number of amides is 1. The topological polar surface area (TPSA) is 99.0 Å². The van der Waals surface area contributed by atoms with Gasteiger partial charge in [-0.25, -0.2) is 0 Å². The van der Waals surface area contributed by atoms with Crippen molar-refractivity contribution in [2.45, 2.75) is 77.2 Å². The average Bonchev–Trinajstić information content (AvgIpc) is 3.00. The Morgan fingerprint density at radius 2 is 2.17 bits per heavy atom. The van der Waals surface area contributed by atoms with Gasteiger partial charge in [-0.15, -0.1) is 0 Å². The number of phenolic OH excluding ortho intramolecular Hbond substituents is 1. The summed E-state index contributed by atoms with van der Waals surface area (Å²) in [6.07, 6.45) is 7.95. The first-order valence-electron chi connectivity index (χ1n) is 10.1. The lowest BCUT2D eigenvalue weighted by Crippen LogP contribution is -2.35. The number of nitrogens with one attached hydrogen (secondary N) is 1. The van der Waals surface area contributed by atoms with Crippen molar-refractivity contribution in [1.82, 2.24) is 5.32 Å². The molecule has 0 fully saturated rings. The molecule has 2 heterocycles. The van der Waals surface area contributed by atoms with E-state index in [1.165, 1.54) is 0 Å². The molecule has 1 aromatic rings. The molecule has 158 valence electrons. The van der Waals surface area contributed by atoms with Gasteiger partial charge >= 0.3 is 0 Å². The summed E-state index contributed by atoms with van der Waals surface area (Å²) in [6.45, 7) is 7.56. The molecule has 1 amide bonds. The van der Waals surface area contributed by atoms with Gasteiger partial charge in [0.25, 0.3) is 5.91 Å². The summed E-state index contributed by atoms with van der Waals surface area (Å²) in [7, 11) is 0. The number of benzene rings is 1. The summed E-state index contributed by atoms with van der Waals surface area (Å²) in [5.41, 5.74) is 1.24. The number of fused-ring (bicyclic) bond motifs is 2. The first kappa shape index (κ1) is 21.4. The van der Waals surface area contributed by atoms with Crippen LogP contribution < -0.4 is 10.1 Å². The molecule has 0 bridgehead atoms. The first-order valence-corrected chi connectivity index (χ1v) is 10.1. The van der Waals surface area contributed by atoms with Crippen molar-refractivity contribution in [3.8, 4) is 11.5 Å². The van der Waals surface area contributed by atoms with Crippen LogP contribution in [0.4, 0.5) is 0 Å². The summed E-state index contributed by atoms with van der Waals surface area (Å²) in [6, 6.07) is 1.72. The number of hydrogen-bond acceptors (Lipinski definition) is 5.